The maximum absolute atomic E-state index is 12.3. The molecule has 0 saturated heterocycles. The minimum Gasteiger partial charge on any atom is -0.455 e. The first kappa shape index (κ1) is 17.7. The highest BCUT2D eigenvalue weighted by Crippen LogP contribution is 2.29. The van der Waals surface area contributed by atoms with E-state index in [2.05, 4.69) is 25.8 Å². The molecule has 3 N–H and O–H groups in total. The lowest BCUT2D eigenvalue weighted by atomic mass is 10.3. The van der Waals surface area contributed by atoms with Crippen molar-refractivity contribution in [3.05, 3.63) is 77.9 Å². The average molecular weight is 391 g/mol. The monoisotopic (exact) mass is 391 g/mol. The number of aromatic amines is 1. The van der Waals surface area contributed by atoms with Crippen molar-refractivity contribution in [2.75, 3.05) is 5.32 Å². The fraction of sp³-hybridized carbons (Fsp3) is 0.0500. The Balaban J connectivity index is 1.36. The van der Waals surface area contributed by atoms with Gasteiger partial charge in [-0.05, 0) is 35.7 Å². The van der Waals surface area contributed by atoms with Crippen molar-refractivity contribution in [1.29, 1.82) is 0 Å². The van der Waals surface area contributed by atoms with Gasteiger partial charge in [-0.25, -0.2) is 9.78 Å². The number of carbonyl (C=O) groups excluding carboxylic acids is 1. The highest BCUT2D eigenvalue weighted by atomic mass is 32.1. The third-order valence-corrected chi connectivity index (χ3v) is 4.66. The summed E-state index contributed by atoms with van der Waals surface area (Å²) >= 11 is 1.56. The molecule has 4 rings (SSSR count). The van der Waals surface area contributed by atoms with Gasteiger partial charge in [0.05, 0.1) is 17.1 Å². The number of nitrogens with zero attached hydrogens (tertiary/aromatic N) is 2. The molecular weight excluding hydrogens is 374 g/mol. The van der Waals surface area contributed by atoms with Gasteiger partial charge in [0.2, 0.25) is 0 Å². The van der Waals surface area contributed by atoms with Crippen LogP contribution in [0.15, 0.2) is 72.1 Å². The Bertz CT molecular complexity index is 1050. The molecule has 140 valence electrons. The predicted octanol–water partition coefficient (Wildman–Crippen LogP) is 4.65. The van der Waals surface area contributed by atoms with Crippen LogP contribution in [-0.2, 0) is 6.54 Å². The Morgan fingerprint density at radius 1 is 1.04 bits per heavy atom. The van der Waals surface area contributed by atoms with E-state index in [-0.39, 0.29) is 12.6 Å². The molecule has 0 fully saturated rings. The van der Waals surface area contributed by atoms with Crippen molar-refractivity contribution < 1.29 is 9.53 Å². The van der Waals surface area contributed by atoms with Crippen LogP contribution in [-0.4, -0.2) is 21.2 Å². The number of anilines is 1. The molecule has 2 heterocycles. The third-order valence-electron chi connectivity index (χ3n) is 3.80. The zero-order valence-electron chi connectivity index (χ0n) is 14.8. The van der Waals surface area contributed by atoms with Crippen molar-refractivity contribution in [3.63, 3.8) is 0 Å². The number of ether oxygens (including phenoxy) is 1. The fourth-order valence-corrected chi connectivity index (χ4v) is 3.15. The van der Waals surface area contributed by atoms with Crippen molar-refractivity contribution in [2.24, 2.45) is 0 Å². The number of para-hydroxylation sites is 3. The Labute approximate surface area is 165 Å². The smallest absolute Gasteiger partial charge is 0.319 e. The number of hydrogen-bond donors (Lipinski definition) is 3. The Morgan fingerprint density at radius 3 is 2.68 bits per heavy atom. The zero-order valence-corrected chi connectivity index (χ0v) is 15.6. The van der Waals surface area contributed by atoms with Crippen LogP contribution in [0.1, 0.15) is 5.82 Å². The van der Waals surface area contributed by atoms with E-state index >= 15 is 0 Å². The minimum atomic E-state index is -0.363. The summed E-state index contributed by atoms with van der Waals surface area (Å²) in [6.07, 6.45) is 0. The second kappa shape index (κ2) is 8.36. The molecule has 0 saturated carbocycles. The lowest BCUT2D eigenvalue weighted by Crippen LogP contribution is -2.28. The van der Waals surface area contributed by atoms with Crippen LogP contribution in [0.2, 0.25) is 0 Å². The van der Waals surface area contributed by atoms with Crippen LogP contribution >= 0.6 is 11.3 Å². The van der Waals surface area contributed by atoms with E-state index in [0.29, 0.717) is 28.8 Å². The second-order valence-electron chi connectivity index (χ2n) is 5.80. The van der Waals surface area contributed by atoms with Gasteiger partial charge in [-0.2, -0.15) is 5.10 Å². The lowest BCUT2D eigenvalue weighted by molar-refractivity contribution is 0.251. The summed E-state index contributed by atoms with van der Waals surface area (Å²) in [6.45, 7) is 0.228. The van der Waals surface area contributed by atoms with Crippen molar-refractivity contribution in [3.8, 4) is 22.2 Å². The Morgan fingerprint density at radius 2 is 1.86 bits per heavy atom. The van der Waals surface area contributed by atoms with E-state index in [1.807, 2.05) is 60.0 Å². The number of thiophene rings is 1. The highest BCUT2D eigenvalue weighted by molar-refractivity contribution is 7.13. The Hall–Kier alpha value is -3.65. The van der Waals surface area contributed by atoms with Crippen LogP contribution in [0.5, 0.6) is 11.5 Å². The van der Waals surface area contributed by atoms with Gasteiger partial charge in [-0.1, -0.05) is 36.4 Å². The minimum absolute atomic E-state index is 0.228. The van der Waals surface area contributed by atoms with Gasteiger partial charge in [-0.15, -0.1) is 11.3 Å². The van der Waals surface area contributed by atoms with E-state index in [1.165, 1.54) is 0 Å². The maximum atomic E-state index is 12.3. The summed E-state index contributed by atoms with van der Waals surface area (Å²) in [4.78, 5) is 17.6. The summed E-state index contributed by atoms with van der Waals surface area (Å²) in [5.74, 6) is 2.45. The fourth-order valence-electron chi connectivity index (χ4n) is 2.50. The molecule has 7 nitrogen and oxygen atoms in total. The van der Waals surface area contributed by atoms with Crippen LogP contribution in [0.3, 0.4) is 0 Å². The van der Waals surface area contributed by atoms with Gasteiger partial charge in [-0.3, -0.25) is 5.10 Å². The van der Waals surface area contributed by atoms with E-state index < -0.39 is 0 Å². The molecule has 0 radical (unpaired) electrons. The molecule has 8 heteroatoms. The number of aromatic nitrogens is 3. The van der Waals surface area contributed by atoms with Crippen LogP contribution in [0.4, 0.5) is 10.5 Å². The number of hydrogen-bond acceptors (Lipinski definition) is 5. The van der Waals surface area contributed by atoms with Gasteiger partial charge in [0, 0.05) is 0 Å². The molecule has 0 spiro atoms. The summed E-state index contributed by atoms with van der Waals surface area (Å²) in [7, 11) is 0. The molecule has 4 aromatic rings. The molecular formula is C20H17N5O2S. The first-order valence-corrected chi connectivity index (χ1v) is 9.48. The van der Waals surface area contributed by atoms with Crippen LogP contribution in [0.25, 0.3) is 10.7 Å². The maximum Gasteiger partial charge on any atom is 0.319 e. The van der Waals surface area contributed by atoms with Gasteiger partial charge in [0.1, 0.15) is 11.6 Å². The summed E-state index contributed by atoms with van der Waals surface area (Å²) in [5.41, 5.74) is 0.570. The average Bonchev–Trinajstić information content (AvgIpc) is 3.40. The number of amides is 2. The number of rotatable bonds is 6. The largest absolute Gasteiger partial charge is 0.455 e. The van der Waals surface area contributed by atoms with E-state index in [1.54, 1.807) is 23.5 Å². The normalized spacial score (nSPS) is 10.4. The van der Waals surface area contributed by atoms with E-state index in [0.717, 1.165) is 4.88 Å². The zero-order chi connectivity index (χ0) is 19.2. The Kier molecular flexibility index (Phi) is 5.30. The first-order chi connectivity index (χ1) is 13.8. The first-order valence-electron chi connectivity index (χ1n) is 8.60. The SMILES string of the molecule is O=C(NCc1nc(-c2cccs2)n[nH]1)Nc1ccccc1Oc1ccccc1. The molecule has 2 aromatic heterocycles. The van der Waals surface area contributed by atoms with Gasteiger partial charge < -0.3 is 15.4 Å². The lowest BCUT2D eigenvalue weighted by Gasteiger charge is -2.12. The molecule has 0 aliphatic rings. The van der Waals surface area contributed by atoms with Crippen molar-refractivity contribution in [1.82, 2.24) is 20.5 Å². The van der Waals surface area contributed by atoms with Crippen LogP contribution in [0, 0.1) is 0 Å². The molecule has 2 aromatic carbocycles. The highest BCUT2D eigenvalue weighted by Gasteiger charge is 2.10. The molecule has 0 aliphatic heterocycles. The van der Waals surface area contributed by atoms with Crippen molar-refractivity contribution in [2.45, 2.75) is 6.54 Å². The quantitative estimate of drug-likeness (QED) is 0.446. The van der Waals surface area contributed by atoms with Gasteiger partial charge >= 0.3 is 6.03 Å². The molecule has 0 atom stereocenters. The molecule has 28 heavy (non-hydrogen) atoms. The number of urea groups is 1. The number of nitrogens with one attached hydrogen (secondary N) is 3. The second-order valence-corrected chi connectivity index (χ2v) is 6.75. The topological polar surface area (TPSA) is 91.9 Å². The number of H-pyrrole nitrogens is 1. The molecule has 0 unspecified atom stereocenters. The molecule has 0 bridgehead atoms. The molecule has 0 aliphatic carbocycles. The van der Waals surface area contributed by atoms with Crippen molar-refractivity contribution >= 4 is 23.1 Å². The predicted molar refractivity (Wildman–Crippen MR) is 109 cm³/mol. The van der Waals surface area contributed by atoms with E-state index in [4.69, 9.17) is 4.74 Å². The van der Waals surface area contributed by atoms with Gasteiger partial charge in [0.25, 0.3) is 0 Å². The summed E-state index contributed by atoms with van der Waals surface area (Å²) in [5, 5.41) is 14.5. The number of carbonyl (C=O) groups is 1. The summed E-state index contributed by atoms with van der Waals surface area (Å²) in [6, 6.07) is 20.2. The third kappa shape index (κ3) is 4.36. The van der Waals surface area contributed by atoms with Gasteiger partial charge in [0.15, 0.2) is 11.6 Å². The van der Waals surface area contributed by atoms with Crippen LogP contribution < -0.4 is 15.4 Å². The number of benzene rings is 2. The molecule has 2 amide bonds. The van der Waals surface area contributed by atoms with E-state index in [9.17, 15) is 4.79 Å². The summed E-state index contributed by atoms with van der Waals surface area (Å²) < 4.78 is 5.85. The standard InChI is InChI=1S/C20H17N5O2S/c26-20(21-13-18-23-19(25-24-18)17-11-6-12-28-17)22-15-9-4-5-10-16(15)27-14-7-2-1-3-8-14/h1-12H,13H2,(H2,21,22,26)(H,23,24,25).